The molecule has 92 valence electrons. The number of hydrogen-bond donors (Lipinski definition) is 1. The maximum atomic E-state index is 12.0. The quantitative estimate of drug-likeness (QED) is 0.834. The molecule has 0 saturated heterocycles. The largest absolute Gasteiger partial charge is 0.475 e. The van der Waals surface area contributed by atoms with Crippen LogP contribution in [0.1, 0.15) is 40.8 Å². The van der Waals surface area contributed by atoms with Gasteiger partial charge in [-0.2, -0.15) is 0 Å². The Balaban J connectivity index is 2.07. The van der Waals surface area contributed by atoms with Crippen molar-refractivity contribution in [1.29, 1.82) is 0 Å². The second kappa shape index (κ2) is 4.57. The van der Waals surface area contributed by atoms with E-state index in [1.165, 1.54) is 6.07 Å². The number of aromatic carboxylic acids is 1. The third-order valence-corrected chi connectivity index (χ3v) is 2.78. The Kier molecular flexibility index (Phi) is 3.12. The number of carboxylic acid groups (broad SMARTS) is 1. The van der Waals surface area contributed by atoms with Crippen LogP contribution in [-0.2, 0) is 0 Å². The van der Waals surface area contributed by atoms with Gasteiger partial charge in [0.2, 0.25) is 5.76 Å². The lowest BCUT2D eigenvalue weighted by atomic mass is 10.3. The molecule has 1 aliphatic rings. The SMILES string of the molecule is CCN(CC1CC1)C(=O)c1cc(C(=O)O)on1. The molecule has 0 unspecified atom stereocenters. The van der Waals surface area contributed by atoms with Gasteiger partial charge in [-0.05, 0) is 25.7 Å². The highest BCUT2D eigenvalue weighted by Gasteiger charge is 2.28. The van der Waals surface area contributed by atoms with Gasteiger partial charge in [-0.1, -0.05) is 5.16 Å². The first kappa shape index (κ1) is 11.6. The fourth-order valence-corrected chi connectivity index (χ4v) is 1.61. The van der Waals surface area contributed by atoms with Gasteiger partial charge in [0, 0.05) is 19.2 Å². The van der Waals surface area contributed by atoms with E-state index in [1.54, 1.807) is 4.90 Å². The minimum atomic E-state index is -1.22. The molecular weight excluding hydrogens is 224 g/mol. The summed E-state index contributed by atoms with van der Waals surface area (Å²) >= 11 is 0. The molecule has 1 amide bonds. The Morgan fingerprint density at radius 2 is 2.29 bits per heavy atom. The summed E-state index contributed by atoms with van der Waals surface area (Å²) in [5, 5.41) is 12.2. The first-order chi connectivity index (χ1) is 8.11. The van der Waals surface area contributed by atoms with E-state index in [2.05, 4.69) is 9.68 Å². The average molecular weight is 238 g/mol. The van der Waals surface area contributed by atoms with Crippen LogP contribution < -0.4 is 0 Å². The van der Waals surface area contributed by atoms with Crippen molar-refractivity contribution < 1.29 is 19.2 Å². The van der Waals surface area contributed by atoms with Crippen molar-refractivity contribution in [2.24, 2.45) is 5.92 Å². The van der Waals surface area contributed by atoms with E-state index in [0.717, 1.165) is 12.8 Å². The molecule has 1 aromatic heterocycles. The van der Waals surface area contributed by atoms with Gasteiger partial charge in [-0.25, -0.2) is 4.79 Å². The molecule has 2 rings (SSSR count). The Morgan fingerprint density at radius 3 is 2.76 bits per heavy atom. The first-order valence-corrected chi connectivity index (χ1v) is 5.61. The Labute approximate surface area is 98.2 Å². The molecule has 6 nitrogen and oxygen atoms in total. The van der Waals surface area contributed by atoms with E-state index in [1.807, 2.05) is 6.92 Å². The lowest BCUT2D eigenvalue weighted by Crippen LogP contribution is -2.32. The molecule has 0 aromatic carbocycles. The lowest BCUT2D eigenvalue weighted by molar-refractivity contribution is 0.0648. The number of aromatic nitrogens is 1. The third kappa shape index (κ3) is 2.64. The number of carboxylic acids is 1. The number of nitrogens with zero attached hydrogens (tertiary/aromatic N) is 2. The predicted molar refractivity (Wildman–Crippen MR) is 57.8 cm³/mol. The highest BCUT2D eigenvalue weighted by atomic mass is 16.5. The fraction of sp³-hybridized carbons (Fsp3) is 0.545. The van der Waals surface area contributed by atoms with Crippen LogP contribution >= 0.6 is 0 Å². The zero-order chi connectivity index (χ0) is 12.4. The molecule has 0 bridgehead atoms. The van der Waals surface area contributed by atoms with Gasteiger partial charge in [-0.3, -0.25) is 4.79 Å². The van der Waals surface area contributed by atoms with Gasteiger partial charge in [0.05, 0.1) is 0 Å². The third-order valence-electron chi connectivity index (χ3n) is 2.78. The van der Waals surface area contributed by atoms with Gasteiger partial charge in [0.25, 0.3) is 5.91 Å². The molecule has 0 radical (unpaired) electrons. The molecular formula is C11H14N2O4. The van der Waals surface area contributed by atoms with Gasteiger partial charge >= 0.3 is 5.97 Å². The lowest BCUT2D eigenvalue weighted by Gasteiger charge is -2.18. The van der Waals surface area contributed by atoms with Crippen LogP contribution in [0.2, 0.25) is 0 Å². The molecule has 0 atom stereocenters. The molecule has 1 saturated carbocycles. The van der Waals surface area contributed by atoms with Gasteiger partial charge in [-0.15, -0.1) is 0 Å². The molecule has 0 aliphatic heterocycles. The van der Waals surface area contributed by atoms with Crippen molar-refractivity contribution in [1.82, 2.24) is 10.1 Å². The van der Waals surface area contributed by atoms with Gasteiger partial charge < -0.3 is 14.5 Å². The Bertz CT molecular complexity index is 436. The standard InChI is InChI=1S/C11H14N2O4/c1-2-13(6-7-3-4-7)10(14)8-5-9(11(15)16)17-12-8/h5,7H,2-4,6H2,1H3,(H,15,16). The van der Waals surface area contributed by atoms with Crippen molar-refractivity contribution >= 4 is 11.9 Å². The summed E-state index contributed by atoms with van der Waals surface area (Å²) in [5.74, 6) is -1.21. The first-order valence-electron chi connectivity index (χ1n) is 5.61. The van der Waals surface area contributed by atoms with Crippen molar-refractivity contribution in [2.45, 2.75) is 19.8 Å². The number of rotatable bonds is 5. The number of amides is 1. The number of carbonyl (C=O) groups excluding carboxylic acids is 1. The van der Waals surface area contributed by atoms with Crippen LogP contribution in [0.3, 0.4) is 0 Å². The van der Waals surface area contributed by atoms with Gasteiger partial charge in [0.15, 0.2) is 5.69 Å². The molecule has 6 heteroatoms. The van der Waals surface area contributed by atoms with E-state index in [0.29, 0.717) is 19.0 Å². The van der Waals surface area contributed by atoms with E-state index < -0.39 is 5.97 Å². The molecule has 1 aliphatic carbocycles. The summed E-state index contributed by atoms with van der Waals surface area (Å²) in [6, 6.07) is 1.17. The smallest absolute Gasteiger partial charge is 0.374 e. The zero-order valence-corrected chi connectivity index (χ0v) is 9.55. The zero-order valence-electron chi connectivity index (χ0n) is 9.55. The van der Waals surface area contributed by atoms with Crippen LogP contribution in [0.5, 0.6) is 0 Å². The van der Waals surface area contributed by atoms with Crippen LogP contribution in [-0.4, -0.2) is 40.1 Å². The molecule has 1 heterocycles. The highest BCUT2D eigenvalue weighted by Crippen LogP contribution is 2.30. The fourth-order valence-electron chi connectivity index (χ4n) is 1.61. The second-order valence-electron chi connectivity index (χ2n) is 4.17. The summed E-state index contributed by atoms with van der Waals surface area (Å²) in [7, 11) is 0. The molecule has 17 heavy (non-hydrogen) atoms. The number of carbonyl (C=O) groups is 2. The number of hydrogen-bond acceptors (Lipinski definition) is 4. The topological polar surface area (TPSA) is 83.6 Å². The summed E-state index contributed by atoms with van der Waals surface area (Å²) in [5.41, 5.74) is 0.0601. The van der Waals surface area contributed by atoms with Crippen LogP contribution in [0.15, 0.2) is 10.6 Å². The van der Waals surface area contributed by atoms with Crippen molar-refractivity contribution in [3.63, 3.8) is 0 Å². The monoisotopic (exact) mass is 238 g/mol. The molecule has 1 aromatic rings. The molecule has 1 N–H and O–H groups in total. The van der Waals surface area contributed by atoms with Crippen molar-refractivity contribution in [3.05, 3.63) is 17.5 Å². The maximum Gasteiger partial charge on any atom is 0.374 e. The average Bonchev–Trinajstić information content (AvgIpc) is 2.97. The van der Waals surface area contributed by atoms with Crippen LogP contribution in [0.4, 0.5) is 0 Å². The van der Waals surface area contributed by atoms with E-state index in [-0.39, 0.29) is 17.4 Å². The Morgan fingerprint density at radius 1 is 1.59 bits per heavy atom. The maximum absolute atomic E-state index is 12.0. The summed E-state index contributed by atoms with van der Waals surface area (Å²) in [6.07, 6.45) is 2.31. The van der Waals surface area contributed by atoms with Crippen molar-refractivity contribution in [3.8, 4) is 0 Å². The highest BCUT2D eigenvalue weighted by molar-refractivity contribution is 5.94. The minimum Gasteiger partial charge on any atom is -0.475 e. The van der Waals surface area contributed by atoms with Crippen molar-refractivity contribution in [2.75, 3.05) is 13.1 Å². The summed E-state index contributed by atoms with van der Waals surface area (Å²) in [6.45, 7) is 3.19. The minimum absolute atomic E-state index is 0.0601. The van der Waals surface area contributed by atoms with E-state index >= 15 is 0 Å². The van der Waals surface area contributed by atoms with E-state index in [4.69, 9.17) is 5.11 Å². The normalized spacial score (nSPS) is 14.6. The van der Waals surface area contributed by atoms with Crippen LogP contribution in [0, 0.1) is 5.92 Å². The van der Waals surface area contributed by atoms with E-state index in [9.17, 15) is 9.59 Å². The van der Waals surface area contributed by atoms with Crippen LogP contribution in [0.25, 0.3) is 0 Å². The summed E-state index contributed by atoms with van der Waals surface area (Å²) in [4.78, 5) is 24.3. The molecule has 1 fully saturated rings. The molecule has 0 spiro atoms. The second-order valence-corrected chi connectivity index (χ2v) is 4.17. The van der Waals surface area contributed by atoms with Gasteiger partial charge in [0.1, 0.15) is 0 Å². The summed E-state index contributed by atoms with van der Waals surface area (Å²) < 4.78 is 4.57. The Hall–Kier alpha value is -1.85. The predicted octanol–water partition coefficient (Wildman–Crippen LogP) is 1.24.